The van der Waals surface area contributed by atoms with E-state index in [9.17, 15) is 9.59 Å². The first-order chi connectivity index (χ1) is 13.9. The summed E-state index contributed by atoms with van der Waals surface area (Å²) in [7, 11) is 5.80. The Labute approximate surface area is 173 Å². The lowest BCUT2D eigenvalue weighted by Crippen LogP contribution is -2.31. The van der Waals surface area contributed by atoms with E-state index < -0.39 is 0 Å². The quantitative estimate of drug-likeness (QED) is 0.422. The molecule has 0 N–H and O–H groups in total. The molecule has 4 heteroatoms. The molecule has 0 aliphatic carbocycles. The highest BCUT2D eigenvalue weighted by Gasteiger charge is 2.23. The topological polar surface area (TPSA) is 40.6 Å². The molecule has 0 spiro atoms. The van der Waals surface area contributed by atoms with Gasteiger partial charge in [0.15, 0.2) is 0 Å². The zero-order valence-electron chi connectivity index (χ0n) is 17.6. The van der Waals surface area contributed by atoms with Crippen LogP contribution in [0, 0.1) is 0 Å². The lowest BCUT2D eigenvalue weighted by Gasteiger charge is -2.28. The Morgan fingerprint density at radius 2 is 1.86 bits per heavy atom. The van der Waals surface area contributed by atoms with Crippen LogP contribution in [0.4, 0.5) is 5.69 Å². The number of rotatable bonds is 6. The van der Waals surface area contributed by atoms with Gasteiger partial charge in [-0.2, -0.15) is 0 Å². The van der Waals surface area contributed by atoms with Gasteiger partial charge >= 0.3 is 0 Å². The van der Waals surface area contributed by atoms with Gasteiger partial charge in [0.05, 0.1) is 0 Å². The average Bonchev–Trinajstić information content (AvgIpc) is 2.70. The summed E-state index contributed by atoms with van der Waals surface area (Å²) in [4.78, 5) is 27.3. The molecule has 2 aromatic carbocycles. The monoisotopic (exact) mass is 388 g/mol. The summed E-state index contributed by atoms with van der Waals surface area (Å²) in [5.41, 5.74) is 7.27. The van der Waals surface area contributed by atoms with E-state index in [4.69, 9.17) is 0 Å². The van der Waals surface area contributed by atoms with Crippen LogP contribution in [0.5, 0.6) is 0 Å². The largest absolute Gasteiger partial charge is 0.383 e. The second-order valence-electron chi connectivity index (χ2n) is 7.81. The van der Waals surface area contributed by atoms with Crippen molar-refractivity contribution in [1.29, 1.82) is 0 Å². The predicted octanol–water partition coefficient (Wildman–Crippen LogP) is 4.23. The fourth-order valence-electron chi connectivity index (χ4n) is 3.71. The third kappa shape index (κ3) is 4.83. The first kappa shape index (κ1) is 20.6. The predicted molar refractivity (Wildman–Crippen MR) is 119 cm³/mol. The van der Waals surface area contributed by atoms with Gasteiger partial charge in [0, 0.05) is 39.5 Å². The summed E-state index contributed by atoms with van der Waals surface area (Å²) >= 11 is 0. The number of anilines is 1. The molecule has 1 amide bonds. The Morgan fingerprint density at radius 1 is 1.14 bits per heavy atom. The number of nitrogens with zero attached hydrogens (tertiary/aromatic N) is 2. The van der Waals surface area contributed by atoms with Crippen LogP contribution in [0.1, 0.15) is 35.6 Å². The molecule has 1 aliphatic rings. The van der Waals surface area contributed by atoms with Crippen molar-refractivity contribution in [2.24, 2.45) is 0 Å². The van der Waals surface area contributed by atoms with Crippen molar-refractivity contribution in [3.8, 4) is 0 Å². The maximum absolute atomic E-state index is 12.2. The van der Waals surface area contributed by atoms with Gasteiger partial charge in [-0.3, -0.25) is 9.59 Å². The normalized spacial score (nSPS) is 14.6. The fraction of sp³-hybridized carbons (Fsp3) is 0.280. The lowest BCUT2D eigenvalue weighted by atomic mass is 9.89. The van der Waals surface area contributed by atoms with Crippen molar-refractivity contribution in [2.75, 3.05) is 26.0 Å². The molecule has 0 bridgehead atoms. The van der Waals surface area contributed by atoms with Gasteiger partial charge in [0.25, 0.3) is 0 Å². The highest BCUT2D eigenvalue weighted by atomic mass is 16.2. The van der Waals surface area contributed by atoms with E-state index >= 15 is 0 Å². The number of benzene rings is 2. The molecule has 0 saturated carbocycles. The minimum atomic E-state index is 0.150. The number of hydrogen-bond donors (Lipinski definition) is 0. The maximum atomic E-state index is 12.2. The molecular formula is C25H28N2O2. The Bertz CT molecular complexity index is 972. The summed E-state index contributed by atoms with van der Waals surface area (Å²) in [6.07, 6.45) is 6.87. The van der Waals surface area contributed by atoms with E-state index in [1.807, 2.05) is 63.4 Å². The Kier molecular flexibility index (Phi) is 6.32. The first-order valence-corrected chi connectivity index (χ1v) is 9.87. The van der Waals surface area contributed by atoms with Crippen LogP contribution < -0.4 is 4.90 Å². The standard InChI is InChI=1S/C25H28N2O2/c1-18(17-28)12-22(16-26(2)3)23-14-20-10-11-25(29)27(4)24(20)15-21(23)13-19-8-6-5-7-9-19/h5-9,12,14-17H,10-11,13H2,1-4H3/b18-12-,22-16+. The molecule has 1 aliphatic heterocycles. The van der Waals surface area contributed by atoms with Crippen LogP contribution in [-0.2, 0) is 22.4 Å². The number of amides is 1. The number of hydrogen-bond acceptors (Lipinski definition) is 3. The third-order valence-corrected chi connectivity index (χ3v) is 5.16. The average molecular weight is 389 g/mol. The van der Waals surface area contributed by atoms with Crippen molar-refractivity contribution in [3.05, 3.63) is 82.6 Å². The van der Waals surface area contributed by atoms with E-state index in [1.54, 1.807) is 4.90 Å². The summed E-state index contributed by atoms with van der Waals surface area (Å²) in [6, 6.07) is 14.6. The van der Waals surface area contributed by atoms with Crippen molar-refractivity contribution in [1.82, 2.24) is 4.90 Å². The molecule has 0 radical (unpaired) electrons. The summed E-state index contributed by atoms with van der Waals surface area (Å²) in [5, 5.41) is 0. The smallest absolute Gasteiger partial charge is 0.227 e. The zero-order chi connectivity index (χ0) is 21.0. The van der Waals surface area contributed by atoms with E-state index in [0.717, 1.165) is 41.5 Å². The van der Waals surface area contributed by atoms with Gasteiger partial charge in [-0.1, -0.05) is 30.3 Å². The van der Waals surface area contributed by atoms with Gasteiger partial charge in [-0.05, 0) is 71.4 Å². The summed E-state index contributed by atoms with van der Waals surface area (Å²) in [5.74, 6) is 0.150. The van der Waals surface area contributed by atoms with E-state index in [0.29, 0.717) is 12.0 Å². The number of carbonyl (C=O) groups excluding carboxylic acids is 2. The summed E-state index contributed by atoms with van der Waals surface area (Å²) in [6.45, 7) is 1.82. The Morgan fingerprint density at radius 3 is 2.52 bits per heavy atom. The zero-order valence-corrected chi connectivity index (χ0v) is 17.6. The van der Waals surface area contributed by atoms with Gasteiger partial charge in [0.1, 0.15) is 6.29 Å². The van der Waals surface area contributed by atoms with Crippen LogP contribution in [-0.4, -0.2) is 38.2 Å². The van der Waals surface area contributed by atoms with Gasteiger partial charge in [-0.15, -0.1) is 0 Å². The molecule has 0 saturated heterocycles. The van der Waals surface area contributed by atoms with E-state index in [2.05, 4.69) is 24.3 Å². The Balaban J connectivity index is 2.20. The number of fused-ring (bicyclic) bond motifs is 1. The molecule has 0 aromatic heterocycles. The van der Waals surface area contributed by atoms with Crippen LogP contribution in [0.3, 0.4) is 0 Å². The number of carbonyl (C=O) groups is 2. The van der Waals surface area contributed by atoms with E-state index in [-0.39, 0.29) is 5.91 Å². The molecule has 0 unspecified atom stereocenters. The second-order valence-corrected chi connectivity index (χ2v) is 7.81. The number of allylic oxidation sites excluding steroid dienone is 3. The van der Waals surface area contributed by atoms with Gasteiger partial charge < -0.3 is 9.80 Å². The first-order valence-electron chi connectivity index (χ1n) is 9.87. The molecule has 29 heavy (non-hydrogen) atoms. The highest BCUT2D eigenvalue weighted by molar-refractivity contribution is 5.97. The molecular weight excluding hydrogens is 360 g/mol. The van der Waals surface area contributed by atoms with Crippen LogP contribution >= 0.6 is 0 Å². The molecule has 3 rings (SSSR count). The van der Waals surface area contributed by atoms with Crippen molar-refractivity contribution >= 4 is 23.5 Å². The fourth-order valence-corrected chi connectivity index (χ4v) is 3.71. The van der Waals surface area contributed by atoms with Gasteiger partial charge in [-0.25, -0.2) is 0 Å². The second kappa shape index (κ2) is 8.91. The van der Waals surface area contributed by atoms with Crippen molar-refractivity contribution in [2.45, 2.75) is 26.2 Å². The van der Waals surface area contributed by atoms with Crippen molar-refractivity contribution < 1.29 is 9.59 Å². The molecule has 150 valence electrons. The molecule has 0 atom stereocenters. The molecule has 4 nitrogen and oxygen atoms in total. The number of aldehydes is 1. The maximum Gasteiger partial charge on any atom is 0.227 e. The van der Waals surface area contributed by atoms with E-state index in [1.165, 1.54) is 11.1 Å². The summed E-state index contributed by atoms with van der Waals surface area (Å²) < 4.78 is 0. The molecule has 0 fully saturated rings. The van der Waals surface area contributed by atoms with Crippen molar-refractivity contribution in [3.63, 3.8) is 0 Å². The third-order valence-electron chi connectivity index (χ3n) is 5.16. The lowest BCUT2D eigenvalue weighted by molar-refractivity contribution is -0.118. The SMILES string of the molecule is C/C(C=O)=C/C(=C\N(C)C)c1cc2c(cc1Cc1ccccc1)N(C)C(=O)CC2. The highest BCUT2D eigenvalue weighted by Crippen LogP contribution is 2.34. The van der Waals surface area contributed by atoms with Crippen LogP contribution in [0.2, 0.25) is 0 Å². The Hall–Kier alpha value is -3.14. The minimum absolute atomic E-state index is 0.150. The molecule has 1 heterocycles. The van der Waals surface area contributed by atoms with Gasteiger partial charge in [0.2, 0.25) is 5.91 Å². The minimum Gasteiger partial charge on any atom is -0.383 e. The number of aryl methyl sites for hydroxylation is 1. The van der Waals surface area contributed by atoms with Crippen LogP contribution in [0.25, 0.3) is 5.57 Å². The van der Waals surface area contributed by atoms with Crippen LogP contribution in [0.15, 0.2) is 60.3 Å². The molecule has 2 aromatic rings.